The summed E-state index contributed by atoms with van der Waals surface area (Å²) in [4.78, 5) is 11.2. The van der Waals surface area contributed by atoms with E-state index < -0.39 is 21.9 Å². The Bertz CT molecular complexity index is 612. The lowest BCUT2D eigenvalue weighted by molar-refractivity contribution is -0.141. The Morgan fingerprint density at radius 3 is 2.43 bits per heavy atom. The number of nitrogens with one attached hydrogen (secondary N) is 1. The summed E-state index contributed by atoms with van der Waals surface area (Å²) < 4.78 is 30.2. The van der Waals surface area contributed by atoms with E-state index in [4.69, 9.17) is 9.84 Å². The van der Waals surface area contributed by atoms with Gasteiger partial charge in [0.05, 0.1) is 24.2 Å². The largest absolute Gasteiger partial charge is 0.481 e. The molecule has 1 fully saturated rings. The number of carboxylic acid groups (broad SMARTS) is 1. The van der Waals surface area contributed by atoms with Gasteiger partial charge in [0.2, 0.25) is 10.0 Å². The van der Waals surface area contributed by atoms with Gasteiger partial charge in [0, 0.05) is 19.8 Å². The van der Waals surface area contributed by atoms with Crippen molar-refractivity contribution < 1.29 is 23.1 Å². The fraction of sp³-hybridized carbons (Fsp3) is 0.462. The molecule has 2 N–H and O–H groups in total. The van der Waals surface area contributed by atoms with Crippen molar-refractivity contribution in [3.8, 4) is 0 Å². The molecule has 2 unspecified atom stereocenters. The van der Waals surface area contributed by atoms with Gasteiger partial charge in [-0.3, -0.25) is 4.79 Å². The summed E-state index contributed by atoms with van der Waals surface area (Å²) in [6.45, 7) is 0.495. The van der Waals surface area contributed by atoms with Gasteiger partial charge in [0.25, 0.3) is 0 Å². The number of carbonyl (C=O) groups is 1. The summed E-state index contributed by atoms with van der Waals surface area (Å²) in [7, 11) is -0.524. The van der Waals surface area contributed by atoms with Crippen LogP contribution in [0.15, 0.2) is 29.2 Å². The van der Waals surface area contributed by atoms with Crippen molar-refractivity contribution in [3.05, 3.63) is 24.3 Å². The number of ether oxygens (including phenoxy) is 1. The van der Waals surface area contributed by atoms with Crippen LogP contribution in [0.4, 0.5) is 5.69 Å². The third kappa shape index (κ3) is 3.34. The number of aliphatic carboxylic acids is 1. The first kappa shape index (κ1) is 15.7. The highest BCUT2D eigenvalue weighted by Crippen LogP contribution is 2.21. The van der Waals surface area contributed by atoms with Gasteiger partial charge in [0.15, 0.2) is 0 Å². The molecule has 0 spiro atoms. The number of benzene rings is 1. The first-order valence-corrected chi connectivity index (χ1v) is 7.86. The standard InChI is InChI=1S/C13H18N2O5S/c1-15(2)21(18,19)10-5-3-9(4-6-10)14-12-8-20-7-11(12)13(16)17/h3-6,11-12,14H,7-8H2,1-2H3,(H,16,17). The number of hydrogen-bond acceptors (Lipinski definition) is 5. The third-order valence-electron chi connectivity index (χ3n) is 3.38. The molecule has 1 aromatic rings. The second-order valence-electron chi connectivity index (χ2n) is 5.04. The molecule has 0 aliphatic carbocycles. The van der Waals surface area contributed by atoms with Gasteiger partial charge in [-0.15, -0.1) is 0 Å². The summed E-state index contributed by atoms with van der Waals surface area (Å²) in [6.07, 6.45) is 0. The van der Waals surface area contributed by atoms with Crippen LogP contribution >= 0.6 is 0 Å². The predicted molar refractivity (Wildman–Crippen MR) is 76.7 cm³/mol. The summed E-state index contributed by atoms with van der Waals surface area (Å²) in [6, 6.07) is 5.90. The van der Waals surface area contributed by atoms with E-state index in [9.17, 15) is 13.2 Å². The fourth-order valence-corrected chi connectivity index (χ4v) is 2.99. The number of nitrogens with zero attached hydrogens (tertiary/aromatic N) is 1. The first-order valence-electron chi connectivity index (χ1n) is 6.42. The Kier molecular flexibility index (Phi) is 4.50. The second kappa shape index (κ2) is 6.00. The molecule has 1 aromatic carbocycles. The summed E-state index contributed by atoms with van der Waals surface area (Å²) in [5.74, 6) is -1.51. The minimum atomic E-state index is -3.46. The Morgan fingerprint density at radius 2 is 1.90 bits per heavy atom. The molecule has 1 saturated heterocycles. The SMILES string of the molecule is CN(C)S(=O)(=O)c1ccc(NC2COCC2C(=O)O)cc1. The lowest BCUT2D eigenvalue weighted by Gasteiger charge is -2.17. The fourth-order valence-electron chi connectivity index (χ4n) is 2.09. The van der Waals surface area contributed by atoms with Gasteiger partial charge in [-0.2, -0.15) is 0 Å². The van der Waals surface area contributed by atoms with Crippen LogP contribution in [0.5, 0.6) is 0 Å². The average Bonchev–Trinajstić information content (AvgIpc) is 2.87. The highest BCUT2D eigenvalue weighted by atomic mass is 32.2. The summed E-state index contributed by atoms with van der Waals surface area (Å²) in [5.41, 5.74) is 0.662. The van der Waals surface area contributed by atoms with Gasteiger partial charge in [-0.25, -0.2) is 12.7 Å². The van der Waals surface area contributed by atoms with Crippen LogP contribution in [-0.2, 0) is 19.6 Å². The van der Waals surface area contributed by atoms with E-state index in [0.29, 0.717) is 12.3 Å². The smallest absolute Gasteiger partial charge is 0.311 e. The maximum Gasteiger partial charge on any atom is 0.311 e. The van der Waals surface area contributed by atoms with Crippen LogP contribution in [0.25, 0.3) is 0 Å². The zero-order chi connectivity index (χ0) is 15.6. The topological polar surface area (TPSA) is 95.9 Å². The number of hydrogen-bond donors (Lipinski definition) is 2. The molecule has 1 aliphatic heterocycles. The van der Waals surface area contributed by atoms with E-state index in [2.05, 4.69) is 5.32 Å². The number of sulfonamides is 1. The van der Waals surface area contributed by atoms with E-state index in [0.717, 1.165) is 4.31 Å². The maximum absolute atomic E-state index is 11.9. The molecule has 7 nitrogen and oxygen atoms in total. The van der Waals surface area contributed by atoms with E-state index in [1.165, 1.54) is 26.2 Å². The quantitative estimate of drug-likeness (QED) is 0.819. The third-order valence-corrected chi connectivity index (χ3v) is 5.21. The Morgan fingerprint density at radius 1 is 1.29 bits per heavy atom. The lowest BCUT2D eigenvalue weighted by Crippen LogP contribution is -2.33. The normalized spacial score (nSPS) is 22.4. The Hall–Kier alpha value is -1.64. The molecular weight excluding hydrogens is 296 g/mol. The Labute approximate surface area is 123 Å². The van der Waals surface area contributed by atoms with Crippen LogP contribution in [0, 0.1) is 5.92 Å². The number of rotatable bonds is 5. The van der Waals surface area contributed by atoms with E-state index in [1.807, 2.05) is 0 Å². The van der Waals surface area contributed by atoms with Crippen LogP contribution in [0.3, 0.4) is 0 Å². The molecule has 0 amide bonds. The van der Waals surface area contributed by atoms with Crippen molar-refractivity contribution in [2.45, 2.75) is 10.9 Å². The number of anilines is 1. The molecule has 2 atom stereocenters. The molecule has 1 heterocycles. The second-order valence-corrected chi connectivity index (χ2v) is 7.20. The lowest BCUT2D eigenvalue weighted by atomic mass is 10.0. The number of carboxylic acids is 1. The van der Waals surface area contributed by atoms with E-state index in [-0.39, 0.29) is 17.5 Å². The van der Waals surface area contributed by atoms with Gasteiger partial charge in [-0.05, 0) is 24.3 Å². The van der Waals surface area contributed by atoms with Crippen molar-refractivity contribution in [1.29, 1.82) is 0 Å². The molecule has 0 aromatic heterocycles. The van der Waals surface area contributed by atoms with Crippen LogP contribution in [0.2, 0.25) is 0 Å². The molecule has 0 bridgehead atoms. The molecular formula is C13H18N2O5S. The minimum Gasteiger partial charge on any atom is -0.481 e. The molecule has 8 heteroatoms. The first-order chi connectivity index (χ1) is 9.82. The van der Waals surface area contributed by atoms with Gasteiger partial charge < -0.3 is 15.2 Å². The molecule has 1 aliphatic rings. The molecule has 0 radical (unpaired) electrons. The van der Waals surface area contributed by atoms with Crippen LogP contribution in [0.1, 0.15) is 0 Å². The van der Waals surface area contributed by atoms with Crippen LogP contribution < -0.4 is 5.32 Å². The van der Waals surface area contributed by atoms with Crippen molar-refractivity contribution in [3.63, 3.8) is 0 Å². The molecule has 2 rings (SSSR count). The molecule has 0 saturated carbocycles. The monoisotopic (exact) mass is 314 g/mol. The van der Waals surface area contributed by atoms with E-state index >= 15 is 0 Å². The van der Waals surface area contributed by atoms with Crippen molar-refractivity contribution in [2.24, 2.45) is 5.92 Å². The minimum absolute atomic E-state index is 0.181. The predicted octanol–water partition coefficient (Wildman–Crippen LogP) is 0.448. The highest BCUT2D eigenvalue weighted by Gasteiger charge is 2.34. The average molecular weight is 314 g/mol. The van der Waals surface area contributed by atoms with Crippen molar-refractivity contribution in [1.82, 2.24) is 4.31 Å². The highest BCUT2D eigenvalue weighted by molar-refractivity contribution is 7.89. The zero-order valence-electron chi connectivity index (χ0n) is 11.8. The van der Waals surface area contributed by atoms with Crippen molar-refractivity contribution in [2.75, 3.05) is 32.6 Å². The van der Waals surface area contributed by atoms with E-state index in [1.54, 1.807) is 12.1 Å². The zero-order valence-corrected chi connectivity index (χ0v) is 12.6. The summed E-state index contributed by atoms with van der Waals surface area (Å²) in [5, 5.41) is 12.1. The van der Waals surface area contributed by atoms with Gasteiger partial charge in [-0.1, -0.05) is 0 Å². The summed E-state index contributed by atoms with van der Waals surface area (Å²) >= 11 is 0. The van der Waals surface area contributed by atoms with Crippen molar-refractivity contribution >= 4 is 21.7 Å². The van der Waals surface area contributed by atoms with Gasteiger partial charge >= 0.3 is 5.97 Å². The molecule has 21 heavy (non-hydrogen) atoms. The van der Waals surface area contributed by atoms with Gasteiger partial charge in [0.1, 0.15) is 5.92 Å². The molecule has 116 valence electrons. The van der Waals surface area contributed by atoms with Crippen LogP contribution in [-0.4, -0.2) is 57.1 Å². The Balaban J connectivity index is 2.12. The maximum atomic E-state index is 11.9.